The van der Waals surface area contributed by atoms with Crippen LogP contribution < -0.4 is 4.90 Å². The van der Waals surface area contributed by atoms with Crippen molar-refractivity contribution in [3.63, 3.8) is 0 Å². The average Bonchev–Trinajstić information content (AvgIpc) is 2.20. The lowest BCUT2D eigenvalue weighted by Crippen LogP contribution is -2.43. The summed E-state index contributed by atoms with van der Waals surface area (Å²) >= 11 is 0. The highest BCUT2D eigenvalue weighted by Gasteiger charge is 2.47. The summed E-state index contributed by atoms with van der Waals surface area (Å²) in [6, 6.07) is 4.17. The summed E-state index contributed by atoms with van der Waals surface area (Å²) in [5.74, 6) is -0.680. The van der Waals surface area contributed by atoms with Crippen LogP contribution in [0, 0.1) is 13.8 Å². The summed E-state index contributed by atoms with van der Waals surface area (Å²) in [4.78, 5) is 13.7. The number of benzene rings is 1. The van der Waals surface area contributed by atoms with Gasteiger partial charge in [0.05, 0.1) is 5.41 Å². The lowest BCUT2D eigenvalue weighted by Gasteiger charge is -2.40. The molecule has 3 heteroatoms. The maximum Gasteiger partial charge on any atom is 0.314 e. The van der Waals surface area contributed by atoms with E-state index in [0.29, 0.717) is 0 Å². The summed E-state index contributed by atoms with van der Waals surface area (Å²) in [6.45, 7) is 4.12. The molecule has 0 spiro atoms. The van der Waals surface area contributed by atoms with Gasteiger partial charge in [-0.3, -0.25) is 4.79 Å². The molecular formula is C15H21NO2. The predicted molar refractivity (Wildman–Crippen MR) is 73.4 cm³/mol. The van der Waals surface area contributed by atoms with Crippen molar-refractivity contribution in [2.45, 2.75) is 38.5 Å². The lowest BCUT2D eigenvalue weighted by atomic mass is 9.63. The third-order valence-electron chi connectivity index (χ3n) is 4.23. The van der Waals surface area contributed by atoms with Gasteiger partial charge in [0.15, 0.2) is 0 Å². The fourth-order valence-corrected chi connectivity index (χ4v) is 2.68. The Morgan fingerprint density at radius 2 is 1.78 bits per heavy atom. The Labute approximate surface area is 108 Å². The second-order valence-electron chi connectivity index (χ2n) is 5.59. The maximum absolute atomic E-state index is 11.7. The number of hydrogen-bond donors (Lipinski definition) is 1. The third-order valence-corrected chi connectivity index (χ3v) is 4.23. The second kappa shape index (κ2) is 4.30. The van der Waals surface area contributed by atoms with E-state index < -0.39 is 11.4 Å². The van der Waals surface area contributed by atoms with E-state index in [1.165, 1.54) is 11.1 Å². The number of aryl methyl sites for hydroxylation is 2. The molecule has 1 N–H and O–H groups in total. The van der Waals surface area contributed by atoms with E-state index in [1.807, 2.05) is 25.9 Å². The van der Waals surface area contributed by atoms with Gasteiger partial charge in [0.1, 0.15) is 0 Å². The van der Waals surface area contributed by atoms with E-state index in [4.69, 9.17) is 0 Å². The van der Waals surface area contributed by atoms with Gasteiger partial charge in [-0.2, -0.15) is 0 Å². The zero-order chi connectivity index (χ0) is 13.5. The number of aliphatic carboxylic acids is 1. The predicted octanol–water partition coefficient (Wildman–Crippen LogP) is 2.88. The zero-order valence-corrected chi connectivity index (χ0v) is 11.6. The molecule has 0 saturated heterocycles. The number of rotatable bonds is 3. The molecule has 0 unspecified atom stereocenters. The standard InChI is InChI=1S/C15H21NO2/c1-10-8-12(13(16(3)4)9-11(10)2)15(14(17)18)6-5-7-15/h8-9H,5-7H2,1-4H3,(H,17,18). The fraction of sp³-hybridized carbons (Fsp3) is 0.533. The van der Waals surface area contributed by atoms with Crippen LogP contribution in [-0.2, 0) is 10.2 Å². The molecular weight excluding hydrogens is 226 g/mol. The van der Waals surface area contributed by atoms with E-state index in [0.717, 1.165) is 30.5 Å². The fourth-order valence-electron chi connectivity index (χ4n) is 2.68. The third kappa shape index (κ3) is 1.78. The number of carboxylic acids is 1. The highest BCUT2D eigenvalue weighted by Crippen LogP contribution is 2.47. The first-order valence-electron chi connectivity index (χ1n) is 6.41. The smallest absolute Gasteiger partial charge is 0.314 e. The Hall–Kier alpha value is -1.51. The second-order valence-corrected chi connectivity index (χ2v) is 5.59. The molecule has 3 nitrogen and oxygen atoms in total. The molecule has 1 aliphatic rings. The largest absolute Gasteiger partial charge is 0.481 e. The van der Waals surface area contributed by atoms with Crippen molar-refractivity contribution in [3.8, 4) is 0 Å². The van der Waals surface area contributed by atoms with Crippen LogP contribution in [0.3, 0.4) is 0 Å². The Kier molecular flexibility index (Phi) is 3.09. The molecule has 0 heterocycles. The molecule has 0 atom stereocenters. The normalized spacial score (nSPS) is 17.1. The minimum Gasteiger partial charge on any atom is -0.481 e. The summed E-state index contributed by atoms with van der Waals surface area (Å²) in [5, 5.41) is 9.59. The molecule has 2 rings (SSSR count). The van der Waals surface area contributed by atoms with Gasteiger partial charge in [-0.25, -0.2) is 0 Å². The van der Waals surface area contributed by atoms with Crippen molar-refractivity contribution in [3.05, 3.63) is 28.8 Å². The molecule has 0 bridgehead atoms. The Morgan fingerprint density at radius 3 is 2.17 bits per heavy atom. The minimum absolute atomic E-state index is 0.655. The first kappa shape index (κ1) is 12.9. The Balaban J connectivity index is 2.62. The molecule has 1 aromatic rings. The van der Waals surface area contributed by atoms with Crippen LogP contribution in [0.5, 0.6) is 0 Å². The van der Waals surface area contributed by atoms with Gasteiger partial charge >= 0.3 is 5.97 Å². The molecule has 1 fully saturated rings. The Morgan fingerprint density at radius 1 is 1.22 bits per heavy atom. The van der Waals surface area contributed by atoms with Crippen molar-refractivity contribution in [1.29, 1.82) is 0 Å². The number of carbonyl (C=O) groups is 1. The molecule has 1 aromatic carbocycles. The molecule has 0 radical (unpaired) electrons. The molecule has 0 amide bonds. The van der Waals surface area contributed by atoms with Gasteiger partial charge in [-0.15, -0.1) is 0 Å². The first-order chi connectivity index (χ1) is 8.38. The van der Waals surface area contributed by atoms with Gasteiger partial charge < -0.3 is 10.0 Å². The summed E-state index contributed by atoms with van der Waals surface area (Å²) in [6.07, 6.45) is 2.52. The monoisotopic (exact) mass is 247 g/mol. The van der Waals surface area contributed by atoms with Crippen LogP contribution in [0.1, 0.15) is 36.0 Å². The first-order valence-corrected chi connectivity index (χ1v) is 6.41. The minimum atomic E-state index is -0.680. The SMILES string of the molecule is Cc1cc(N(C)C)c(C2(C(=O)O)CCC2)cc1C. The van der Waals surface area contributed by atoms with Crippen molar-refractivity contribution >= 4 is 11.7 Å². The average molecular weight is 247 g/mol. The summed E-state index contributed by atoms with van der Waals surface area (Å²) in [7, 11) is 3.95. The van der Waals surface area contributed by atoms with E-state index >= 15 is 0 Å². The van der Waals surface area contributed by atoms with E-state index in [2.05, 4.69) is 19.1 Å². The topological polar surface area (TPSA) is 40.5 Å². The quantitative estimate of drug-likeness (QED) is 0.893. The molecule has 0 aliphatic heterocycles. The van der Waals surface area contributed by atoms with Crippen LogP contribution >= 0.6 is 0 Å². The van der Waals surface area contributed by atoms with E-state index in [1.54, 1.807) is 0 Å². The van der Waals surface area contributed by atoms with Crippen molar-refractivity contribution < 1.29 is 9.90 Å². The van der Waals surface area contributed by atoms with Crippen LogP contribution in [-0.4, -0.2) is 25.2 Å². The van der Waals surface area contributed by atoms with Gasteiger partial charge in [0.2, 0.25) is 0 Å². The van der Waals surface area contributed by atoms with E-state index in [9.17, 15) is 9.90 Å². The van der Waals surface area contributed by atoms with Crippen molar-refractivity contribution in [2.24, 2.45) is 0 Å². The maximum atomic E-state index is 11.7. The number of nitrogens with zero attached hydrogens (tertiary/aromatic N) is 1. The number of hydrogen-bond acceptors (Lipinski definition) is 2. The van der Waals surface area contributed by atoms with Gasteiger partial charge in [0, 0.05) is 19.8 Å². The summed E-state index contributed by atoms with van der Waals surface area (Å²) < 4.78 is 0. The Bertz CT molecular complexity index is 488. The molecule has 1 saturated carbocycles. The molecule has 0 aromatic heterocycles. The van der Waals surface area contributed by atoms with Crippen LogP contribution in [0.2, 0.25) is 0 Å². The highest BCUT2D eigenvalue weighted by atomic mass is 16.4. The number of anilines is 1. The summed E-state index contributed by atoms with van der Waals surface area (Å²) in [5.41, 5.74) is 3.75. The highest BCUT2D eigenvalue weighted by molar-refractivity contribution is 5.85. The van der Waals surface area contributed by atoms with Crippen LogP contribution in [0.4, 0.5) is 5.69 Å². The van der Waals surface area contributed by atoms with Crippen LogP contribution in [0.15, 0.2) is 12.1 Å². The van der Waals surface area contributed by atoms with Crippen molar-refractivity contribution in [2.75, 3.05) is 19.0 Å². The molecule has 18 heavy (non-hydrogen) atoms. The van der Waals surface area contributed by atoms with Crippen molar-refractivity contribution in [1.82, 2.24) is 0 Å². The molecule has 1 aliphatic carbocycles. The van der Waals surface area contributed by atoms with Gasteiger partial charge in [-0.1, -0.05) is 12.5 Å². The lowest BCUT2D eigenvalue weighted by molar-refractivity contribution is -0.147. The van der Waals surface area contributed by atoms with E-state index in [-0.39, 0.29) is 0 Å². The van der Waals surface area contributed by atoms with Gasteiger partial charge in [0.25, 0.3) is 0 Å². The van der Waals surface area contributed by atoms with Crippen LogP contribution in [0.25, 0.3) is 0 Å². The number of carboxylic acid groups (broad SMARTS) is 1. The van der Waals surface area contributed by atoms with Gasteiger partial charge in [-0.05, 0) is 49.4 Å². The molecule has 98 valence electrons. The zero-order valence-electron chi connectivity index (χ0n) is 11.6.